The molecule has 6 heteroatoms. The number of aryl methyl sites for hydroxylation is 1. The fraction of sp³-hybridized carbons (Fsp3) is 0.765. The Morgan fingerprint density at radius 1 is 1.35 bits per heavy atom. The molecule has 0 radical (unpaired) electrons. The second-order valence-corrected chi connectivity index (χ2v) is 7.20. The zero-order valence-electron chi connectivity index (χ0n) is 14.0. The highest BCUT2D eigenvalue weighted by molar-refractivity contribution is 5.80. The number of carbonyl (C=O) groups excluding carboxylic acids is 1. The van der Waals surface area contributed by atoms with E-state index in [9.17, 15) is 4.79 Å². The third-order valence-corrected chi connectivity index (χ3v) is 5.78. The van der Waals surface area contributed by atoms with Gasteiger partial charge in [-0.1, -0.05) is 0 Å². The molecule has 6 nitrogen and oxygen atoms in total. The van der Waals surface area contributed by atoms with Gasteiger partial charge in [-0.3, -0.25) is 14.4 Å². The molecule has 126 valence electrons. The number of hydrogen-bond acceptors (Lipinski definition) is 4. The van der Waals surface area contributed by atoms with Gasteiger partial charge in [-0.25, -0.2) is 0 Å². The van der Waals surface area contributed by atoms with Crippen LogP contribution in [0.4, 0.5) is 0 Å². The summed E-state index contributed by atoms with van der Waals surface area (Å²) in [5.74, 6) is 0.202. The number of aromatic nitrogens is 2. The summed E-state index contributed by atoms with van der Waals surface area (Å²) in [6, 6.07) is 2.83. The molecule has 4 heterocycles. The van der Waals surface area contributed by atoms with Gasteiger partial charge in [0.1, 0.15) is 6.10 Å². The summed E-state index contributed by atoms with van der Waals surface area (Å²) in [4.78, 5) is 17.9. The summed E-state index contributed by atoms with van der Waals surface area (Å²) in [6.07, 6.45) is 4.93. The summed E-state index contributed by atoms with van der Waals surface area (Å²) in [5, 5.41) is 4.23. The van der Waals surface area contributed by atoms with Gasteiger partial charge in [0.05, 0.1) is 11.6 Å². The molecule has 0 bridgehead atoms. The van der Waals surface area contributed by atoms with Crippen molar-refractivity contribution in [1.29, 1.82) is 0 Å². The fourth-order valence-corrected chi connectivity index (χ4v) is 4.50. The van der Waals surface area contributed by atoms with Gasteiger partial charge < -0.3 is 9.64 Å². The second kappa shape index (κ2) is 5.91. The molecule has 0 aromatic carbocycles. The minimum atomic E-state index is -0.149. The van der Waals surface area contributed by atoms with E-state index in [0.29, 0.717) is 18.7 Å². The van der Waals surface area contributed by atoms with E-state index in [1.807, 2.05) is 17.8 Å². The van der Waals surface area contributed by atoms with Gasteiger partial charge in [0.2, 0.25) is 5.91 Å². The average Bonchev–Trinajstić information content (AvgIpc) is 3.24. The van der Waals surface area contributed by atoms with Crippen LogP contribution in [0.25, 0.3) is 0 Å². The third kappa shape index (κ3) is 2.58. The second-order valence-electron chi connectivity index (χ2n) is 7.20. The highest BCUT2D eigenvalue weighted by atomic mass is 16.5. The molecule has 3 aliphatic heterocycles. The minimum absolute atomic E-state index is 0.0687. The highest BCUT2D eigenvalue weighted by Crippen LogP contribution is 2.37. The molecule has 3 aliphatic rings. The van der Waals surface area contributed by atoms with E-state index in [-0.39, 0.29) is 17.9 Å². The Morgan fingerprint density at radius 2 is 2.22 bits per heavy atom. The Hall–Kier alpha value is -1.40. The zero-order valence-corrected chi connectivity index (χ0v) is 14.0. The van der Waals surface area contributed by atoms with Gasteiger partial charge in [0.15, 0.2) is 0 Å². The van der Waals surface area contributed by atoms with Crippen LogP contribution in [0, 0.1) is 5.92 Å². The quantitative estimate of drug-likeness (QED) is 0.822. The van der Waals surface area contributed by atoms with Crippen molar-refractivity contribution in [2.75, 3.05) is 26.2 Å². The number of piperazine rings is 1. The van der Waals surface area contributed by atoms with E-state index in [0.717, 1.165) is 25.2 Å². The molecule has 1 amide bonds. The Labute approximate surface area is 137 Å². The molecule has 0 unspecified atom stereocenters. The van der Waals surface area contributed by atoms with Crippen LogP contribution < -0.4 is 0 Å². The van der Waals surface area contributed by atoms with Crippen molar-refractivity contribution in [3.8, 4) is 0 Å². The number of ether oxygens (including phenoxy) is 1. The summed E-state index contributed by atoms with van der Waals surface area (Å²) in [7, 11) is 1.92. The monoisotopic (exact) mass is 318 g/mol. The maximum atomic E-state index is 13.2. The number of rotatable bonds is 2. The van der Waals surface area contributed by atoms with Gasteiger partial charge in [-0.15, -0.1) is 0 Å². The van der Waals surface area contributed by atoms with E-state index >= 15 is 0 Å². The first-order valence-corrected chi connectivity index (χ1v) is 8.79. The SMILES string of the molecule is C[C@H]1CN2CCC[C@H]2CN1C(=O)[C@@H]1CCO[C@H]1c1ccnn1C. The highest BCUT2D eigenvalue weighted by Gasteiger charge is 2.43. The maximum absolute atomic E-state index is 13.2. The Kier molecular flexibility index (Phi) is 3.89. The first kappa shape index (κ1) is 15.1. The van der Waals surface area contributed by atoms with Crippen LogP contribution in [-0.2, 0) is 16.6 Å². The van der Waals surface area contributed by atoms with E-state index < -0.39 is 0 Å². The lowest BCUT2D eigenvalue weighted by Gasteiger charge is -2.43. The lowest BCUT2D eigenvalue weighted by atomic mass is 9.95. The number of hydrogen-bond donors (Lipinski definition) is 0. The molecule has 0 saturated carbocycles. The van der Waals surface area contributed by atoms with Crippen LogP contribution >= 0.6 is 0 Å². The van der Waals surface area contributed by atoms with Crippen molar-refractivity contribution in [1.82, 2.24) is 19.6 Å². The average molecular weight is 318 g/mol. The van der Waals surface area contributed by atoms with Crippen LogP contribution in [0.2, 0.25) is 0 Å². The zero-order chi connectivity index (χ0) is 16.0. The van der Waals surface area contributed by atoms with E-state index in [2.05, 4.69) is 21.8 Å². The van der Waals surface area contributed by atoms with Gasteiger partial charge >= 0.3 is 0 Å². The standard InChI is InChI=1S/C17H26N4O2/c1-12-10-20-8-3-4-13(20)11-21(12)17(22)14-6-9-23-16(14)15-5-7-18-19(15)2/h5,7,12-14,16H,3-4,6,8-11H2,1-2H3/t12-,13-,14+,16+/m0/s1. The molecule has 0 spiro atoms. The Bertz CT molecular complexity index is 587. The summed E-state index contributed by atoms with van der Waals surface area (Å²) >= 11 is 0. The molecule has 4 rings (SSSR count). The van der Waals surface area contributed by atoms with Crippen molar-refractivity contribution < 1.29 is 9.53 Å². The van der Waals surface area contributed by atoms with Crippen LogP contribution in [-0.4, -0.2) is 63.8 Å². The first-order valence-electron chi connectivity index (χ1n) is 8.79. The van der Waals surface area contributed by atoms with Gasteiger partial charge in [-0.2, -0.15) is 5.10 Å². The van der Waals surface area contributed by atoms with Gasteiger partial charge in [0.25, 0.3) is 0 Å². The predicted molar refractivity (Wildman–Crippen MR) is 85.8 cm³/mol. The molecule has 23 heavy (non-hydrogen) atoms. The van der Waals surface area contributed by atoms with Crippen molar-refractivity contribution >= 4 is 5.91 Å². The molecule has 4 atom stereocenters. The molecular formula is C17H26N4O2. The normalized spacial score (nSPS) is 34.8. The van der Waals surface area contributed by atoms with E-state index in [4.69, 9.17) is 4.74 Å². The van der Waals surface area contributed by atoms with Crippen LogP contribution in [0.3, 0.4) is 0 Å². The minimum Gasteiger partial charge on any atom is -0.371 e. The Morgan fingerprint density at radius 3 is 3.00 bits per heavy atom. The lowest BCUT2D eigenvalue weighted by molar-refractivity contribution is -0.143. The fourth-order valence-electron chi connectivity index (χ4n) is 4.50. The topological polar surface area (TPSA) is 50.6 Å². The van der Waals surface area contributed by atoms with Crippen LogP contribution in [0.5, 0.6) is 0 Å². The number of amides is 1. The smallest absolute Gasteiger partial charge is 0.229 e. The largest absolute Gasteiger partial charge is 0.371 e. The Balaban J connectivity index is 1.52. The van der Waals surface area contributed by atoms with Crippen molar-refractivity contribution in [3.63, 3.8) is 0 Å². The van der Waals surface area contributed by atoms with Crippen LogP contribution in [0.15, 0.2) is 12.3 Å². The summed E-state index contributed by atoms with van der Waals surface area (Å²) in [5.41, 5.74) is 1.01. The lowest BCUT2D eigenvalue weighted by Crippen LogP contribution is -2.58. The predicted octanol–water partition coefficient (Wildman–Crippen LogP) is 1.19. The van der Waals surface area contributed by atoms with Crippen molar-refractivity contribution in [2.24, 2.45) is 13.0 Å². The summed E-state index contributed by atoms with van der Waals surface area (Å²) < 4.78 is 7.73. The molecule has 0 aliphatic carbocycles. The van der Waals surface area contributed by atoms with Gasteiger partial charge in [0, 0.05) is 45.0 Å². The van der Waals surface area contributed by atoms with Crippen molar-refractivity contribution in [3.05, 3.63) is 18.0 Å². The third-order valence-electron chi connectivity index (χ3n) is 5.78. The molecule has 0 N–H and O–H groups in total. The maximum Gasteiger partial charge on any atom is 0.229 e. The van der Waals surface area contributed by atoms with Crippen molar-refractivity contribution in [2.45, 2.75) is 44.4 Å². The molecule has 1 aromatic rings. The van der Waals surface area contributed by atoms with E-state index in [1.165, 1.54) is 19.4 Å². The van der Waals surface area contributed by atoms with Gasteiger partial charge in [-0.05, 0) is 38.8 Å². The molecule has 3 saturated heterocycles. The van der Waals surface area contributed by atoms with Crippen LogP contribution in [0.1, 0.15) is 38.0 Å². The molecular weight excluding hydrogens is 292 g/mol. The number of nitrogens with zero attached hydrogens (tertiary/aromatic N) is 4. The van der Waals surface area contributed by atoms with E-state index in [1.54, 1.807) is 6.20 Å². The molecule has 3 fully saturated rings. The summed E-state index contributed by atoms with van der Waals surface area (Å²) in [6.45, 7) is 5.93. The number of carbonyl (C=O) groups is 1. The first-order chi connectivity index (χ1) is 11.1. The number of fused-ring (bicyclic) bond motifs is 1. The molecule has 1 aromatic heterocycles.